The highest BCUT2D eigenvalue weighted by Gasteiger charge is 2.16. The lowest BCUT2D eigenvalue weighted by molar-refractivity contribution is 0.619. The molecular weight excluding hydrogens is 289 g/mol. The van der Waals surface area contributed by atoms with Crippen LogP contribution in [0.2, 0.25) is 0 Å². The molecule has 1 nitrogen and oxygen atoms in total. The van der Waals surface area contributed by atoms with Crippen LogP contribution in [0.3, 0.4) is 0 Å². The van der Waals surface area contributed by atoms with Gasteiger partial charge in [0.05, 0.1) is 4.47 Å². The number of nitrogen functional groups attached to an aromatic ring is 1. The summed E-state index contributed by atoms with van der Waals surface area (Å²) in [6.07, 6.45) is 5.37. The molecule has 1 aliphatic carbocycles. The fraction of sp³-hybridized carbons (Fsp3) is 0.500. The number of halogens is 2. The highest BCUT2D eigenvalue weighted by Crippen LogP contribution is 2.35. The number of hydrogen-bond acceptors (Lipinski definition) is 2. The van der Waals surface area contributed by atoms with Crippen molar-refractivity contribution in [2.45, 2.75) is 30.6 Å². The van der Waals surface area contributed by atoms with Gasteiger partial charge in [-0.25, -0.2) is 4.39 Å². The largest absolute Gasteiger partial charge is 0.398 e. The Bertz CT molecular complexity index is 378. The molecule has 1 aliphatic rings. The standard InChI is InChI=1S/C12H15BrFNS/c13-9-5-12(11(15)6-10(9)14)16-7-8-3-1-2-4-8/h5-6,8H,1-4,7,15H2. The first kappa shape index (κ1) is 12.2. The molecule has 4 heteroatoms. The third-order valence-corrected chi connectivity index (χ3v) is 4.91. The maximum absolute atomic E-state index is 13.2. The van der Waals surface area contributed by atoms with Gasteiger partial charge in [-0.15, -0.1) is 11.8 Å². The predicted molar refractivity (Wildman–Crippen MR) is 71.2 cm³/mol. The molecule has 1 aromatic carbocycles. The van der Waals surface area contributed by atoms with E-state index >= 15 is 0 Å². The normalized spacial score (nSPS) is 16.9. The minimum absolute atomic E-state index is 0.289. The van der Waals surface area contributed by atoms with E-state index in [9.17, 15) is 4.39 Å². The molecule has 1 fully saturated rings. The molecule has 16 heavy (non-hydrogen) atoms. The summed E-state index contributed by atoms with van der Waals surface area (Å²) >= 11 is 4.94. The lowest BCUT2D eigenvalue weighted by Crippen LogP contribution is -1.98. The van der Waals surface area contributed by atoms with E-state index < -0.39 is 0 Å². The summed E-state index contributed by atoms with van der Waals surface area (Å²) in [5, 5.41) is 0. The minimum atomic E-state index is -0.289. The summed E-state index contributed by atoms with van der Waals surface area (Å²) in [6.45, 7) is 0. The minimum Gasteiger partial charge on any atom is -0.398 e. The van der Waals surface area contributed by atoms with Crippen LogP contribution in [0.25, 0.3) is 0 Å². The van der Waals surface area contributed by atoms with E-state index in [-0.39, 0.29) is 5.82 Å². The molecule has 2 N–H and O–H groups in total. The van der Waals surface area contributed by atoms with Crippen molar-refractivity contribution in [2.75, 3.05) is 11.5 Å². The Labute approximate surface area is 108 Å². The van der Waals surface area contributed by atoms with Crippen molar-refractivity contribution in [1.29, 1.82) is 0 Å². The first-order valence-corrected chi connectivity index (χ1v) is 7.32. The van der Waals surface area contributed by atoms with E-state index in [0.29, 0.717) is 10.2 Å². The van der Waals surface area contributed by atoms with E-state index in [1.165, 1.54) is 31.7 Å². The molecule has 0 aromatic heterocycles. The van der Waals surface area contributed by atoms with Crippen LogP contribution in [0.15, 0.2) is 21.5 Å². The molecule has 2 rings (SSSR count). The van der Waals surface area contributed by atoms with Crippen LogP contribution in [0.5, 0.6) is 0 Å². The van der Waals surface area contributed by atoms with Crippen molar-refractivity contribution < 1.29 is 4.39 Å². The zero-order valence-electron chi connectivity index (χ0n) is 9.01. The molecular formula is C12H15BrFNS. The van der Waals surface area contributed by atoms with E-state index in [4.69, 9.17) is 5.73 Å². The molecule has 0 aliphatic heterocycles. The first-order chi connectivity index (χ1) is 7.66. The fourth-order valence-corrected chi connectivity index (χ4v) is 3.72. The van der Waals surface area contributed by atoms with Gasteiger partial charge in [-0.3, -0.25) is 0 Å². The van der Waals surface area contributed by atoms with Crippen LogP contribution in [0.4, 0.5) is 10.1 Å². The quantitative estimate of drug-likeness (QED) is 0.659. The molecule has 0 radical (unpaired) electrons. The second-order valence-corrected chi connectivity index (χ2v) is 6.18. The van der Waals surface area contributed by atoms with Gasteiger partial charge in [0, 0.05) is 16.3 Å². The smallest absolute Gasteiger partial charge is 0.139 e. The van der Waals surface area contributed by atoms with Gasteiger partial charge in [0.15, 0.2) is 0 Å². The summed E-state index contributed by atoms with van der Waals surface area (Å²) < 4.78 is 13.7. The molecule has 0 heterocycles. The zero-order valence-corrected chi connectivity index (χ0v) is 11.4. The third kappa shape index (κ3) is 2.92. The van der Waals surface area contributed by atoms with Crippen LogP contribution < -0.4 is 5.73 Å². The fourth-order valence-electron chi connectivity index (χ4n) is 2.05. The molecule has 0 unspecified atom stereocenters. The van der Waals surface area contributed by atoms with Gasteiger partial charge in [0.2, 0.25) is 0 Å². The second-order valence-electron chi connectivity index (χ2n) is 4.27. The van der Waals surface area contributed by atoms with E-state index in [0.717, 1.165) is 16.6 Å². The SMILES string of the molecule is Nc1cc(F)c(Br)cc1SCC1CCCC1. The zero-order chi connectivity index (χ0) is 11.5. The van der Waals surface area contributed by atoms with Gasteiger partial charge in [0.25, 0.3) is 0 Å². The van der Waals surface area contributed by atoms with E-state index in [1.54, 1.807) is 17.8 Å². The Morgan fingerprint density at radius 2 is 2.06 bits per heavy atom. The van der Waals surface area contributed by atoms with E-state index in [1.807, 2.05) is 0 Å². The average molecular weight is 304 g/mol. The third-order valence-electron chi connectivity index (χ3n) is 3.00. The molecule has 0 spiro atoms. The van der Waals surface area contributed by atoms with Crippen molar-refractivity contribution in [3.8, 4) is 0 Å². The lowest BCUT2D eigenvalue weighted by atomic mass is 10.1. The van der Waals surface area contributed by atoms with Crippen molar-refractivity contribution in [2.24, 2.45) is 5.92 Å². The Kier molecular flexibility index (Phi) is 4.14. The molecule has 1 saturated carbocycles. The van der Waals surface area contributed by atoms with Crippen molar-refractivity contribution in [3.63, 3.8) is 0 Å². The van der Waals surface area contributed by atoms with Gasteiger partial charge in [0.1, 0.15) is 5.82 Å². The molecule has 0 saturated heterocycles. The van der Waals surface area contributed by atoms with Gasteiger partial charge in [-0.05, 0) is 46.8 Å². The molecule has 0 atom stereocenters. The number of rotatable bonds is 3. The summed E-state index contributed by atoms with van der Waals surface area (Å²) in [5.41, 5.74) is 6.34. The summed E-state index contributed by atoms with van der Waals surface area (Å²) in [6, 6.07) is 3.17. The Morgan fingerprint density at radius 3 is 2.75 bits per heavy atom. The number of anilines is 1. The van der Waals surface area contributed by atoms with Gasteiger partial charge in [-0.2, -0.15) is 0 Å². The Morgan fingerprint density at radius 1 is 1.38 bits per heavy atom. The number of thioether (sulfide) groups is 1. The maximum Gasteiger partial charge on any atom is 0.139 e. The number of hydrogen-bond donors (Lipinski definition) is 1. The van der Waals surface area contributed by atoms with Gasteiger partial charge >= 0.3 is 0 Å². The van der Waals surface area contributed by atoms with Crippen LogP contribution in [-0.4, -0.2) is 5.75 Å². The Hall–Kier alpha value is -0.220. The highest BCUT2D eigenvalue weighted by molar-refractivity contribution is 9.10. The topological polar surface area (TPSA) is 26.0 Å². The number of benzene rings is 1. The lowest BCUT2D eigenvalue weighted by Gasteiger charge is -2.10. The maximum atomic E-state index is 13.2. The summed E-state index contributed by atoms with van der Waals surface area (Å²) in [5.74, 6) is 1.62. The molecule has 88 valence electrons. The van der Waals surface area contributed by atoms with Gasteiger partial charge in [-0.1, -0.05) is 12.8 Å². The molecule has 0 bridgehead atoms. The summed E-state index contributed by atoms with van der Waals surface area (Å²) in [7, 11) is 0. The molecule has 1 aromatic rings. The number of nitrogens with two attached hydrogens (primary N) is 1. The van der Waals surface area contributed by atoms with Crippen molar-refractivity contribution >= 4 is 33.4 Å². The average Bonchev–Trinajstić information content (AvgIpc) is 2.74. The predicted octanol–water partition coefficient (Wildman–Crippen LogP) is 4.45. The van der Waals surface area contributed by atoms with Crippen LogP contribution in [-0.2, 0) is 0 Å². The van der Waals surface area contributed by atoms with Crippen molar-refractivity contribution in [3.05, 3.63) is 22.4 Å². The second kappa shape index (κ2) is 5.41. The molecule has 0 amide bonds. The highest BCUT2D eigenvalue weighted by atomic mass is 79.9. The van der Waals surface area contributed by atoms with Gasteiger partial charge < -0.3 is 5.73 Å². The monoisotopic (exact) mass is 303 g/mol. The van der Waals surface area contributed by atoms with Crippen molar-refractivity contribution in [1.82, 2.24) is 0 Å². The first-order valence-electron chi connectivity index (χ1n) is 5.54. The summed E-state index contributed by atoms with van der Waals surface area (Å²) in [4.78, 5) is 0.986. The Balaban J connectivity index is 2.00. The van der Waals surface area contributed by atoms with Crippen LogP contribution >= 0.6 is 27.7 Å². The van der Waals surface area contributed by atoms with E-state index in [2.05, 4.69) is 15.9 Å². The van der Waals surface area contributed by atoms with Crippen LogP contribution in [0.1, 0.15) is 25.7 Å². The van der Waals surface area contributed by atoms with Crippen LogP contribution in [0, 0.1) is 11.7 Å².